The van der Waals surface area contributed by atoms with Crippen LogP contribution >= 0.6 is 0 Å². The molecule has 0 spiro atoms. The van der Waals surface area contributed by atoms with Gasteiger partial charge in [-0.2, -0.15) is 0 Å². The molecular formula is C61H57N2+. The molecule has 2 aromatic rings. The first-order valence-corrected chi connectivity index (χ1v) is 22.3. The minimum absolute atomic E-state index is 0.0588. The third-order valence-corrected chi connectivity index (χ3v) is 11.3. The van der Waals surface area contributed by atoms with E-state index in [0.29, 0.717) is 6.04 Å². The number of fused-ring (bicyclic) bond motifs is 2. The Balaban J connectivity index is 1.36. The van der Waals surface area contributed by atoms with Gasteiger partial charge in [-0.3, -0.25) is 0 Å². The van der Waals surface area contributed by atoms with Crippen molar-refractivity contribution in [3.63, 3.8) is 0 Å². The monoisotopic (exact) mass is 817 g/mol. The van der Waals surface area contributed by atoms with E-state index in [4.69, 9.17) is 6.42 Å². The quantitative estimate of drug-likeness (QED) is 0.0667. The zero-order chi connectivity index (χ0) is 44.9. The highest BCUT2D eigenvalue weighted by Crippen LogP contribution is 2.46. The van der Waals surface area contributed by atoms with Crippen LogP contribution in [0.3, 0.4) is 0 Å². The van der Waals surface area contributed by atoms with Gasteiger partial charge in [0, 0.05) is 107 Å². The molecule has 0 saturated heterocycles. The number of unbranched alkanes of at least 4 members (excludes halogenated alkanes) is 11. The molecular weight excluding hydrogens is 761 g/mol. The Morgan fingerprint density at radius 2 is 1.02 bits per heavy atom. The van der Waals surface area contributed by atoms with E-state index in [9.17, 15) is 0 Å². The van der Waals surface area contributed by atoms with E-state index in [-0.39, 0.29) is 10.8 Å². The van der Waals surface area contributed by atoms with Crippen LogP contribution in [0.4, 0.5) is 11.4 Å². The predicted molar refractivity (Wildman–Crippen MR) is 266 cm³/mol. The standard InChI is InChI=1S/C61H57N2/c1-7-9-11-13-15-17-19-21-22-23-24-25-26-27-28-30-32-34-36-45-53-63-57-49-43-41-47-55(57)61(5,6)59(63)51-39-37-38-50-58-60(3,4)54-46-40-42-48-56(54)62(58)52-44-35-33-31-29-20-18-16-14-12-10-8-2/h1,37-43,46-49,51,58H,8,10,12,14,16,18,20,29,31,33,35,44,50,52H2,2-6H3/q+1. The Kier molecular flexibility index (Phi) is 21.0. The molecule has 2 heterocycles. The average Bonchev–Trinajstić information content (AvgIpc) is 3.63. The second-order valence-electron chi connectivity index (χ2n) is 16.4. The number of rotatable bonds is 17. The lowest BCUT2D eigenvalue weighted by molar-refractivity contribution is -0.332. The van der Waals surface area contributed by atoms with Gasteiger partial charge in [-0.15, -0.1) is 11.0 Å². The Morgan fingerprint density at radius 3 is 1.56 bits per heavy atom. The predicted octanol–water partition coefficient (Wildman–Crippen LogP) is 11.1. The van der Waals surface area contributed by atoms with Gasteiger partial charge < -0.3 is 4.90 Å². The molecule has 310 valence electrons. The molecule has 0 amide bonds. The Bertz CT molecular complexity index is 2730. The Hall–Kier alpha value is -7.45. The highest BCUT2D eigenvalue weighted by molar-refractivity contribution is 6.03. The van der Waals surface area contributed by atoms with Crippen molar-refractivity contribution in [2.24, 2.45) is 0 Å². The van der Waals surface area contributed by atoms with E-state index >= 15 is 0 Å². The summed E-state index contributed by atoms with van der Waals surface area (Å²) in [5.41, 5.74) is 6.08. The second kappa shape index (κ2) is 27.4. The summed E-state index contributed by atoms with van der Waals surface area (Å²) in [7, 11) is 0. The number of allylic oxidation sites excluding steroid dienone is 3. The summed E-state index contributed by atoms with van der Waals surface area (Å²) in [6.07, 6.45) is 31.3. The molecule has 0 N–H and O–H groups in total. The molecule has 0 fully saturated rings. The number of benzene rings is 2. The molecule has 63 heavy (non-hydrogen) atoms. The van der Waals surface area contributed by atoms with E-state index in [0.717, 1.165) is 24.4 Å². The van der Waals surface area contributed by atoms with Gasteiger partial charge in [-0.1, -0.05) is 146 Å². The van der Waals surface area contributed by atoms with E-state index in [1.54, 1.807) is 0 Å². The Labute approximate surface area is 381 Å². The molecule has 2 heteroatoms. The van der Waals surface area contributed by atoms with Gasteiger partial charge in [0.2, 0.25) is 17.4 Å². The highest BCUT2D eigenvalue weighted by Gasteiger charge is 2.45. The first-order chi connectivity index (χ1) is 30.8. The fraction of sp³-hybridized carbons (Fsp3) is 0.361. The molecule has 2 aliphatic heterocycles. The maximum Gasteiger partial charge on any atom is 0.243 e. The summed E-state index contributed by atoms with van der Waals surface area (Å²) in [5.74, 6) is 51.7. The van der Waals surface area contributed by atoms with Crippen molar-refractivity contribution < 1.29 is 4.58 Å². The van der Waals surface area contributed by atoms with Gasteiger partial charge in [0.25, 0.3) is 0 Å². The highest BCUT2D eigenvalue weighted by atomic mass is 15.2. The van der Waals surface area contributed by atoms with Crippen molar-refractivity contribution in [1.82, 2.24) is 0 Å². The molecule has 1 unspecified atom stereocenters. The lowest BCUT2D eigenvalue weighted by atomic mass is 9.79. The van der Waals surface area contributed by atoms with Crippen LogP contribution in [0.25, 0.3) is 0 Å². The number of terminal acetylenes is 1. The van der Waals surface area contributed by atoms with E-state index in [1.807, 2.05) is 10.6 Å². The lowest BCUT2D eigenvalue weighted by Gasteiger charge is -2.34. The third kappa shape index (κ3) is 15.5. The molecule has 0 aliphatic carbocycles. The SMILES string of the molecule is C#CC#CC#CC#CC#CC#CC#CC#CC#CC#CC#C[N+]1=C(C=CC=CCC2N(CCCCCCCCCCCCCC)c3ccccc3C2(C)C)C(C)(C)c2ccccc21. The van der Waals surface area contributed by atoms with E-state index in [1.165, 1.54) is 93.9 Å². The van der Waals surface area contributed by atoms with Gasteiger partial charge in [0.05, 0.1) is 11.3 Å². The zero-order valence-corrected chi connectivity index (χ0v) is 37.9. The van der Waals surface area contributed by atoms with Gasteiger partial charge in [-0.05, 0) is 85.7 Å². The topological polar surface area (TPSA) is 6.25 Å². The molecule has 0 saturated carbocycles. The van der Waals surface area contributed by atoms with E-state index < -0.39 is 0 Å². The second-order valence-corrected chi connectivity index (χ2v) is 16.4. The minimum Gasteiger partial charge on any atom is -0.367 e. The van der Waals surface area contributed by atoms with E-state index in [2.05, 4.69) is 231 Å². The molecule has 1 atom stereocenters. The Morgan fingerprint density at radius 1 is 0.556 bits per heavy atom. The molecule has 0 aromatic heterocycles. The largest absolute Gasteiger partial charge is 0.367 e. The van der Waals surface area contributed by atoms with Gasteiger partial charge in [0.15, 0.2) is 0 Å². The normalized spacial score (nSPS) is 13.9. The van der Waals surface area contributed by atoms with Crippen LogP contribution in [0.15, 0.2) is 72.8 Å². The van der Waals surface area contributed by atoms with Crippen molar-refractivity contribution in [3.05, 3.63) is 84.0 Å². The molecule has 2 nitrogen and oxygen atoms in total. The maximum atomic E-state index is 5.00. The van der Waals surface area contributed by atoms with Gasteiger partial charge >= 0.3 is 0 Å². The van der Waals surface area contributed by atoms with Gasteiger partial charge in [0.1, 0.15) is 0 Å². The number of nitrogens with zero attached hydrogens (tertiary/aromatic N) is 2. The van der Waals surface area contributed by atoms with Crippen LogP contribution in [-0.4, -0.2) is 22.9 Å². The fourth-order valence-electron chi connectivity index (χ4n) is 8.06. The summed E-state index contributed by atoms with van der Waals surface area (Å²) >= 11 is 0. The summed E-state index contributed by atoms with van der Waals surface area (Å²) < 4.78 is 2.05. The van der Waals surface area contributed by atoms with Crippen molar-refractivity contribution in [2.75, 3.05) is 11.4 Å². The zero-order valence-electron chi connectivity index (χ0n) is 37.9. The van der Waals surface area contributed by atoms with Crippen molar-refractivity contribution in [1.29, 1.82) is 0 Å². The van der Waals surface area contributed by atoms with Crippen molar-refractivity contribution in [2.45, 2.75) is 135 Å². The van der Waals surface area contributed by atoms with Crippen LogP contribution in [0, 0.1) is 131 Å². The van der Waals surface area contributed by atoms with Crippen LogP contribution in [0.2, 0.25) is 0 Å². The molecule has 0 radical (unpaired) electrons. The van der Waals surface area contributed by atoms with Gasteiger partial charge in [-0.25, -0.2) is 0 Å². The number of anilines is 1. The summed E-state index contributed by atoms with van der Waals surface area (Å²) in [6, 6.07) is 21.1. The minimum atomic E-state index is -0.238. The van der Waals surface area contributed by atoms with Crippen molar-refractivity contribution in [3.8, 4) is 131 Å². The van der Waals surface area contributed by atoms with Crippen LogP contribution in [-0.2, 0) is 10.8 Å². The van der Waals surface area contributed by atoms with Crippen LogP contribution in [0.1, 0.15) is 129 Å². The molecule has 4 rings (SSSR count). The first-order valence-electron chi connectivity index (χ1n) is 22.3. The lowest BCUT2D eigenvalue weighted by Crippen LogP contribution is -2.41. The summed E-state index contributed by atoms with van der Waals surface area (Å²) in [4.78, 5) is 2.70. The van der Waals surface area contributed by atoms with Crippen molar-refractivity contribution >= 4 is 17.1 Å². The number of para-hydroxylation sites is 2. The molecule has 2 aliphatic rings. The summed E-state index contributed by atoms with van der Waals surface area (Å²) in [6.45, 7) is 12.7. The number of hydrogen-bond donors (Lipinski definition) is 0. The maximum absolute atomic E-state index is 5.00. The molecule has 2 aromatic carbocycles. The summed E-state index contributed by atoms with van der Waals surface area (Å²) in [5, 5.41) is 0. The third-order valence-electron chi connectivity index (χ3n) is 11.3. The smallest absolute Gasteiger partial charge is 0.243 e. The fourth-order valence-corrected chi connectivity index (χ4v) is 8.06. The average molecular weight is 818 g/mol. The molecule has 0 bridgehead atoms. The van der Waals surface area contributed by atoms with Crippen LogP contribution < -0.4 is 4.90 Å². The first kappa shape index (κ1) is 48.2. The number of hydrogen-bond acceptors (Lipinski definition) is 1. The van der Waals surface area contributed by atoms with Crippen LogP contribution in [0.5, 0.6) is 0 Å².